The van der Waals surface area contributed by atoms with Gasteiger partial charge in [-0.15, -0.1) is 5.11 Å². The van der Waals surface area contributed by atoms with Gasteiger partial charge < -0.3 is 16.2 Å². The Morgan fingerprint density at radius 3 is 2.00 bits per heavy atom. The van der Waals surface area contributed by atoms with Gasteiger partial charge in [-0.2, -0.15) is 32.2 Å². The van der Waals surface area contributed by atoms with Gasteiger partial charge in [0.1, 0.15) is 15.5 Å². The Labute approximate surface area is 329 Å². The van der Waals surface area contributed by atoms with E-state index in [1.807, 2.05) is 0 Å². The summed E-state index contributed by atoms with van der Waals surface area (Å²) in [7, 11) is -9.66. The normalized spacial score (nSPS) is 11.8. The van der Waals surface area contributed by atoms with Gasteiger partial charge in [0.2, 0.25) is 0 Å². The Bertz CT molecular complexity index is 2360. The fraction of sp³-hybridized carbons (Fsp3) is 0.0333. The number of rotatable bonds is 8. The molecule has 0 aromatic heterocycles. The third kappa shape index (κ3) is 9.71. The SMILES string of the molecule is Cc1cc(NC(=O)c2ccc(N)cc2)ccc1N=Nc1ccc2c(O)c(N=Nc3ccc(Cl)c(S(=O)(=O)O)c3)c(S(=O)(=O)O)cc2c1.[Na].[Na]. The van der Waals surface area contributed by atoms with Gasteiger partial charge in [-0.3, -0.25) is 13.9 Å². The largest absolute Gasteiger partial charge is 0.505 e. The average Bonchev–Trinajstić information content (AvgIpc) is 3.00. The molecule has 2 radical (unpaired) electrons. The van der Waals surface area contributed by atoms with Crippen LogP contribution < -0.4 is 11.1 Å². The molecule has 5 aromatic rings. The number of aromatic hydroxyl groups is 1. The van der Waals surface area contributed by atoms with E-state index in [-0.39, 0.29) is 92.2 Å². The van der Waals surface area contributed by atoms with E-state index in [2.05, 4.69) is 25.8 Å². The first-order chi connectivity index (χ1) is 22.1. The van der Waals surface area contributed by atoms with Crippen LogP contribution in [-0.4, -0.2) is 96.1 Å². The van der Waals surface area contributed by atoms with Crippen LogP contribution in [0.1, 0.15) is 15.9 Å². The maximum Gasteiger partial charge on any atom is 0.296 e. The number of phenols is 1. The number of anilines is 2. The molecule has 0 aliphatic rings. The Morgan fingerprint density at radius 1 is 0.755 bits per heavy atom. The first kappa shape index (κ1) is 40.2. The summed E-state index contributed by atoms with van der Waals surface area (Å²) >= 11 is 5.80. The number of amides is 1. The summed E-state index contributed by atoms with van der Waals surface area (Å²) in [6.07, 6.45) is 0. The third-order valence-corrected chi connectivity index (χ3v) is 8.87. The predicted molar refractivity (Wildman–Crippen MR) is 187 cm³/mol. The Balaban J connectivity index is 0.00000325. The molecule has 0 atom stereocenters. The van der Waals surface area contributed by atoms with Crippen molar-refractivity contribution in [2.75, 3.05) is 11.1 Å². The topological polar surface area (TPSA) is 234 Å². The van der Waals surface area contributed by atoms with Crippen molar-refractivity contribution < 1.29 is 35.8 Å². The number of azo groups is 2. The fourth-order valence-electron chi connectivity index (χ4n) is 4.35. The standard InChI is InChI=1S/C30H23ClN6O8S2.2Na/c1-16-12-20(33-30(39)17-2-4-19(32)5-3-17)8-11-25(16)36-34-21-6-9-23-18(13-21)14-27(47(43,44)45)28(29(23)38)37-35-22-7-10-24(31)26(15-22)46(40,41)42;;/h2-15,38H,32H2,1H3,(H,33,39)(H,40,41,42)(H,43,44,45);;. The number of phenolic OH excluding ortho intramolecular Hbond substituents is 1. The molecule has 0 saturated carbocycles. The number of hydrogen-bond acceptors (Lipinski definition) is 11. The number of carbonyl (C=O) groups is 1. The van der Waals surface area contributed by atoms with Crippen LogP contribution in [-0.2, 0) is 20.2 Å². The van der Waals surface area contributed by atoms with Gasteiger partial charge in [-0.25, -0.2) is 0 Å². The van der Waals surface area contributed by atoms with Crippen LogP contribution in [0.5, 0.6) is 5.75 Å². The van der Waals surface area contributed by atoms with E-state index >= 15 is 0 Å². The molecule has 242 valence electrons. The summed E-state index contributed by atoms with van der Waals surface area (Å²) in [5, 5.41) is 29.7. The molecule has 5 aromatic carbocycles. The van der Waals surface area contributed by atoms with Crippen molar-refractivity contribution in [1.29, 1.82) is 0 Å². The maximum absolute atomic E-state index is 12.5. The zero-order valence-electron chi connectivity index (χ0n) is 26.0. The Hall–Kier alpha value is -3.26. The van der Waals surface area contributed by atoms with E-state index in [4.69, 9.17) is 17.3 Å². The van der Waals surface area contributed by atoms with Gasteiger partial charge in [-0.1, -0.05) is 11.6 Å². The minimum atomic E-state index is -4.96. The van der Waals surface area contributed by atoms with E-state index in [1.165, 1.54) is 24.3 Å². The van der Waals surface area contributed by atoms with Crippen LogP contribution in [0.15, 0.2) is 115 Å². The molecule has 0 aliphatic heterocycles. The van der Waals surface area contributed by atoms with E-state index < -0.39 is 41.5 Å². The Morgan fingerprint density at radius 2 is 1.37 bits per heavy atom. The number of nitrogens with two attached hydrogens (primary N) is 1. The number of benzene rings is 5. The van der Waals surface area contributed by atoms with Crippen molar-refractivity contribution in [2.45, 2.75) is 16.7 Å². The molecule has 0 bridgehead atoms. The quantitative estimate of drug-likeness (QED) is 0.0481. The van der Waals surface area contributed by atoms with E-state index in [0.29, 0.717) is 28.2 Å². The van der Waals surface area contributed by atoms with Crippen LogP contribution in [0.4, 0.5) is 34.1 Å². The molecule has 19 heteroatoms. The second-order valence-corrected chi connectivity index (χ2v) is 13.2. The van der Waals surface area contributed by atoms with Crippen LogP contribution in [0.3, 0.4) is 0 Å². The van der Waals surface area contributed by atoms with Crippen molar-refractivity contribution in [1.82, 2.24) is 0 Å². The minimum Gasteiger partial charge on any atom is -0.505 e. The van der Waals surface area contributed by atoms with Gasteiger partial charge in [-0.05, 0) is 103 Å². The summed E-state index contributed by atoms with van der Waals surface area (Å²) < 4.78 is 66.9. The third-order valence-electron chi connectivity index (χ3n) is 6.67. The smallest absolute Gasteiger partial charge is 0.296 e. The molecule has 0 spiro atoms. The Kier molecular flexibility index (Phi) is 13.3. The second kappa shape index (κ2) is 16.2. The van der Waals surface area contributed by atoms with Crippen LogP contribution >= 0.6 is 11.6 Å². The molecule has 6 N–H and O–H groups in total. The van der Waals surface area contributed by atoms with Crippen molar-refractivity contribution in [2.24, 2.45) is 20.5 Å². The van der Waals surface area contributed by atoms with Crippen molar-refractivity contribution in [3.63, 3.8) is 0 Å². The molecule has 0 unspecified atom stereocenters. The molecule has 0 aliphatic carbocycles. The second-order valence-electron chi connectivity index (χ2n) is 10.0. The van der Waals surface area contributed by atoms with Gasteiger partial charge >= 0.3 is 0 Å². The molecular weight excluding hydrogens is 718 g/mol. The van der Waals surface area contributed by atoms with E-state index in [0.717, 1.165) is 18.2 Å². The van der Waals surface area contributed by atoms with Crippen molar-refractivity contribution in [3.8, 4) is 5.75 Å². The molecule has 0 saturated heterocycles. The number of nitrogen functional groups attached to an aromatic ring is 1. The number of nitrogens with one attached hydrogen (secondary N) is 1. The summed E-state index contributed by atoms with van der Waals surface area (Å²) in [6, 6.07) is 20.1. The first-order valence-electron chi connectivity index (χ1n) is 13.3. The van der Waals surface area contributed by atoms with Crippen molar-refractivity contribution >= 4 is 142 Å². The van der Waals surface area contributed by atoms with E-state index in [9.17, 15) is 35.8 Å². The number of carbonyl (C=O) groups excluding carboxylic acids is 1. The number of aryl methyl sites for hydroxylation is 1. The molecular formula is C30H23ClN6Na2O8S2. The van der Waals surface area contributed by atoms with Crippen LogP contribution in [0.2, 0.25) is 5.02 Å². The zero-order valence-corrected chi connectivity index (χ0v) is 32.4. The number of fused-ring (bicyclic) bond motifs is 1. The first-order valence-corrected chi connectivity index (χ1v) is 16.5. The van der Waals surface area contributed by atoms with E-state index in [1.54, 1.807) is 49.4 Å². The molecule has 0 fully saturated rings. The minimum absolute atomic E-state index is 0. The summed E-state index contributed by atoms with van der Waals surface area (Å²) in [5.41, 5.74) is 7.83. The van der Waals surface area contributed by atoms with Gasteiger partial charge in [0, 0.05) is 81.4 Å². The van der Waals surface area contributed by atoms with Crippen LogP contribution in [0, 0.1) is 6.92 Å². The van der Waals surface area contributed by atoms with Gasteiger partial charge in [0.15, 0.2) is 5.75 Å². The number of hydrogen-bond donors (Lipinski definition) is 5. The van der Waals surface area contributed by atoms with Crippen molar-refractivity contribution in [3.05, 3.63) is 101 Å². The van der Waals surface area contributed by atoms with Gasteiger partial charge in [0.25, 0.3) is 26.1 Å². The zero-order chi connectivity index (χ0) is 34.1. The molecule has 49 heavy (non-hydrogen) atoms. The summed E-state index contributed by atoms with van der Waals surface area (Å²) in [4.78, 5) is 11.1. The van der Waals surface area contributed by atoms with Crippen LogP contribution in [0.25, 0.3) is 10.8 Å². The van der Waals surface area contributed by atoms with Gasteiger partial charge in [0.05, 0.1) is 22.1 Å². The predicted octanol–water partition coefficient (Wildman–Crippen LogP) is 6.90. The molecule has 1 amide bonds. The monoisotopic (exact) mass is 740 g/mol. The molecule has 0 heterocycles. The summed E-state index contributed by atoms with van der Waals surface area (Å²) in [5.74, 6) is -0.970. The summed E-state index contributed by atoms with van der Waals surface area (Å²) in [6.45, 7) is 1.77. The average molecular weight is 741 g/mol. The molecule has 5 rings (SSSR count). The maximum atomic E-state index is 12.5. The number of nitrogens with zero attached hydrogens (tertiary/aromatic N) is 4. The fourth-order valence-corrected chi connectivity index (χ4v) is 6.00. The molecule has 14 nitrogen and oxygen atoms in total. The number of halogens is 1.